The molecule has 0 fully saturated rings. The third-order valence-corrected chi connectivity index (χ3v) is 3.77. The molecule has 0 heterocycles. The van der Waals surface area contributed by atoms with E-state index in [1.54, 1.807) is 0 Å². The van der Waals surface area contributed by atoms with Gasteiger partial charge in [0.1, 0.15) is 0 Å². The molecule has 0 aromatic heterocycles. The maximum atomic E-state index is 6.33. The molecule has 2 N–H and O–H groups in total. The molecule has 0 saturated heterocycles. The van der Waals surface area contributed by atoms with Gasteiger partial charge in [-0.2, -0.15) is 0 Å². The molecule has 0 spiro atoms. The van der Waals surface area contributed by atoms with Gasteiger partial charge in [-0.05, 0) is 42.5 Å². The number of hydrogen-bond acceptors (Lipinski definition) is 2. The summed E-state index contributed by atoms with van der Waals surface area (Å²) in [5.41, 5.74) is 7.54. The van der Waals surface area contributed by atoms with Crippen molar-refractivity contribution in [1.82, 2.24) is 4.90 Å². The van der Waals surface area contributed by atoms with Crippen LogP contribution < -0.4 is 5.73 Å². The molecule has 114 valence electrons. The van der Waals surface area contributed by atoms with Crippen molar-refractivity contribution in [2.75, 3.05) is 19.6 Å². The molecule has 0 aliphatic carbocycles. The van der Waals surface area contributed by atoms with Crippen LogP contribution in [-0.4, -0.2) is 24.5 Å². The van der Waals surface area contributed by atoms with Crippen LogP contribution >= 0.6 is 15.9 Å². The van der Waals surface area contributed by atoms with E-state index in [4.69, 9.17) is 5.73 Å². The minimum Gasteiger partial charge on any atom is -0.324 e. The minimum atomic E-state index is 0.120. The average molecular weight is 341 g/mol. The second-order valence-electron chi connectivity index (χ2n) is 6.50. The van der Waals surface area contributed by atoms with Gasteiger partial charge in [-0.1, -0.05) is 55.8 Å². The monoisotopic (exact) mass is 340 g/mol. The Morgan fingerprint density at radius 3 is 2.20 bits per heavy atom. The van der Waals surface area contributed by atoms with E-state index in [1.165, 1.54) is 5.56 Å². The number of rotatable bonds is 8. The van der Waals surface area contributed by atoms with Gasteiger partial charge in [0.2, 0.25) is 0 Å². The van der Waals surface area contributed by atoms with Crippen LogP contribution in [0.2, 0.25) is 0 Å². The average Bonchev–Trinajstić information content (AvgIpc) is 2.34. The number of hydrogen-bond donors (Lipinski definition) is 1. The van der Waals surface area contributed by atoms with Crippen LogP contribution in [0.4, 0.5) is 0 Å². The van der Waals surface area contributed by atoms with E-state index >= 15 is 0 Å². The molecule has 20 heavy (non-hydrogen) atoms. The number of benzene rings is 1. The molecule has 3 heteroatoms. The molecule has 0 saturated carbocycles. The summed E-state index contributed by atoms with van der Waals surface area (Å²) in [7, 11) is 0. The molecule has 0 bridgehead atoms. The first kappa shape index (κ1) is 17.7. The Bertz CT molecular complexity index is 380. The predicted octanol–water partition coefficient (Wildman–Crippen LogP) is 4.45. The maximum absolute atomic E-state index is 6.33. The molecule has 2 nitrogen and oxygen atoms in total. The van der Waals surface area contributed by atoms with Crippen molar-refractivity contribution in [3.8, 4) is 0 Å². The van der Waals surface area contributed by atoms with E-state index in [9.17, 15) is 0 Å². The van der Waals surface area contributed by atoms with Gasteiger partial charge in [-0.25, -0.2) is 0 Å². The summed E-state index contributed by atoms with van der Waals surface area (Å²) in [6, 6.07) is 8.46. The van der Waals surface area contributed by atoms with Gasteiger partial charge in [-0.3, -0.25) is 0 Å². The Morgan fingerprint density at radius 1 is 1.10 bits per heavy atom. The highest BCUT2D eigenvalue weighted by Crippen LogP contribution is 2.19. The molecule has 0 aliphatic rings. The quantitative estimate of drug-likeness (QED) is 0.757. The first-order valence-corrected chi connectivity index (χ1v) is 8.41. The predicted molar refractivity (Wildman–Crippen MR) is 91.8 cm³/mol. The summed E-state index contributed by atoms with van der Waals surface area (Å²) < 4.78 is 1.10. The largest absolute Gasteiger partial charge is 0.324 e. The molecular weight excluding hydrogens is 312 g/mol. The summed E-state index contributed by atoms with van der Waals surface area (Å²) in [5.74, 6) is 1.41. The maximum Gasteiger partial charge on any atom is 0.0307 e. The molecule has 1 rings (SSSR count). The SMILES string of the molecule is CC(C)CN(CCC(N)c1cccc(Br)c1)CC(C)C. The number of nitrogens with zero attached hydrogens (tertiary/aromatic N) is 1. The van der Waals surface area contributed by atoms with Gasteiger partial charge in [0.15, 0.2) is 0 Å². The standard InChI is InChI=1S/C17H29BrN2/c1-13(2)11-20(12-14(3)4)9-8-17(19)15-6-5-7-16(18)10-15/h5-7,10,13-14,17H,8-9,11-12,19H2,1-4H3. The second kappa shape index (κ2) is 8.81. The van der Waals surface area contributed by atoms with E-state index in [0.29, 0.717) is 11.8 Å². The van der Waals surface area contributed by atoms with Gasteiger partial charge < -0.3 is 10.6 Å². The third kappa shape index (κ3) is 6.87. The van der Waals surface area contributed by atoms with Crippen molar-refractivity contribution in [2.45, 2.75) is 40.2 Å². The Balaban J connectivity index is 2.53. The van der Waals surface area contributed by atoms with Gasteiger partial charge in [0.25, 0.3) is 0 Å². The summed E-state index contributed by atoms with van der Waals surface area (Å²) in [6.07, 6.45) is 1.01. The topological polar surface area (TPSA) is 29.3 Å². The third-order valence-electron chi connectivity index (χ3n) is 3.28. The molecule has 1 atom stereocenters. The van der Waals surface area contributed by atoms with Crippen molar-refractivity contribution in [3.05, 3.63) is 34.3 Å². The second-order valence-corrected chi connectivity index (χ2v) is 7.41. The van der Waals surface area contributed by atoms with Gasteiger partial charge in [-0.15, -0.1) is 0 Å². The normalized spacial score (nSPS) is 13.4. The number of nitrogens with two attached hydrogens (primary N) is 1. The van der Waals surface area contributed by atoms with Crippen LogP contribution in [0.1, 0.15) is 45.7 Å². The molecule has 1 aromatic rings. The Hall–Kier alpha value is -0.380. The molecule has 0 radical (unpaired) electrons. The lowest BCUT2D eigenvalue weighted by Crippen LogP contribution is -2.33. The van der Waals surface area contributed by atoms with E-state index in [2.05, 4.69) is 66.7 Å². The first-order valence-electron chi connectivity index (χ1n) is 7.62. The van der Waals surface area contributed by atoms with Gasteiger partial charge in [0, 0.05) is 23.6 Å². The van der Waals surface area contributed by atoms with Crippen LogP contribution in [0.25, 0.3) is 0 Å². The lowest BCUT2D eigenvalue weighted by atomic mass is 10.0. The van der Waals surface area contributed by atoms with E-state index < -0.39 is 0 Å². The summed E-state index contributed by atoms with van der Waals surface area (Å²) in [6.45, 7) is 12.5. The fourth-order valence-electron chi connectivity index (χ4n) is 2.52. The first-order chi connectivity index (χ1) is 9.38. The Labute approximate surface area is 132 Å². The smallest absolute Gasteiger partial charge is 0.0307 e. The van der Waals surface area contributed by atoms with Crippen LogP contribution in [0.15, 0.2) is 28.7 Å². The van der Waals surface area contributed by atoms with Crippen LogP contribution in [0.5, 0.6) is 0 Å². The highest BCUT2D eigenvalue weighted by molar-refractivity contribution is 9.10. The molecular formula is C17H29BrN2. The lowest BCUT2D eigenvalue weighted by Gasteiger charge is -2.27. The summed E-state index contributed by atoms with van der Waals surface area (Å²) in [4.78, 5) is 2.55. The fraction of sp³-hybridized carbons (Fsp3) is 0.647. The van der Waals surface area contributed by atoms with E-state index in [1.807, 2.05) is 6.07 Å². The van der Waals surface area contributed by atoms with Crippen molar-refractivity contribution >= 4 is 15.9 Å². The number of halogens is 1. The minimum absolute atomic E-state index is 0.120. The lowest BCUT2D eigenvalue weighted by molar-refractivity contribution is 0.212. The van der Waals surface area contributed by atoms with Gasteiger partial charge >= 0.3 is 0 Å². The molecule has 0 amide bonds. The van der Waals surface area contributed by atoms with Crippen molar-refractivity contribution in [1.29, 1.82) is 0 Å². The van der Waals surface area contributed by atoms with Crippen LogP contribution in [0, 0.1) is 11.8 Å². The van der Waals surface area contributed by atoms with Crippen molar-refractivity contribution in [3.63, 3.8) is 0 Å². The highest BCUT2D eigenvalue weighted by atomic mass is 79.9. The summed E-state index contributed by atoms with van der Waals surface area (Å²) >= 11 is 3.51. The zero-order valence-electron chi connectivity index (χ0n) is 13.3. The van der Waals surface area contributed by atoms with Crippen molar-refractivity contribution < 1.29 is 0 Å². The highest BCUT2D eigenvalue weighted by Gasteiger charge is 2.12. The zero-order valence-corrected chi connectivity index (χ0v) is 14.9. The Morgan fingerprint density at radius 2 is 1.70 bits per heavy atom. The summed E-state index contributed by atoms with van der Waals surface area (Å²) in [5, 5.41) is 0. The molecule has 0 aliphatic heterocycles. The zero-order chi connectivity index (χ0) is 15.1. The molecule has 1 unspecified atom stereocenters. The van der Waals surface area contributed by atoms with Crippen molar-refractivity contribution in [2.24, 2.45) is 17.6 Å². The Kier molecular flexibility index (Phi) is 7.78. The molecule has 1 aromatic carbocycles. The van der Waals surface area contributed by atoms with Crippen LogP contribution in [-0.2, 0) is 0 Å². The van der Waals surface area contributed by atoms with Crippen LogP contribution in [0.3, 0.4) is 0 Å². The van der Waals surface area contributed by atoms with E-state index in [-0.39, 0.29) is 6.04 Å². The fourth-order valence-corrected chi connectivity index (χ4v) is 2.93. The van der Waals surface area contributed by atoms with Gasteiger partial charge in [0.05, 0.1) is 0 Å². The van der Waals surface area contributed by atoms with E-state index in [0.717, 1.165) is 30.5 Å².